The van der Waals surface area contributed by atoms with Crippen molar-refractivity contribution in [2.24, 2.45) is 7.05 Å². The molecule has 3 rings (SSSR count). The highest BCUT2D eigenvalue weighted by molar-refractivity contribution is 5.76. The Hall–Kier alpha value is -2.75. The van der Waals surface area contributed by atoms with Crippen LogP contribution in [0.25, 0.3) is 0 Å². The van der Waals surface area contributed by atoms with E-state index in [1.54, 1.807) is 6.92 Å². The number of carbonyl (C=O) groups is 1. The second kappa shape index (κ2) is 7.87. The molecule has 1 aliphatic rings. The van der Waals surface area contributed by atoms with Crippen LogP contribution in [-0.4, -0.2) is 66.4 Å². The van der Waals surface area contributed by atoms with Crippen LogP contribution < -0.4 is 0 Å². The molecular weight excluding hydrogens is 350 g/mol. The van der Waals surface area contributed by atoms with Crippen molar-refractivity contribution in [3.05, 3.63) is 39.5 Å². The highest BCUT2D eigenvalue weighted by Gasteiger charge is 2.23. The van der Waals surface area contributed by atoms with Crippen LogP contribution in [0.4, 0.5) is 5.69 Å². The number of nitro groups is 1. The number of amides is 1. The molecule has 1 aliphatic heterocycles. The standard InChI is InChI=1S/C17H25N7O3/c1-13-15(11-20(3)19-13)12-21-6-8-22(9-7-21)17(25)4-5-23-14(2)16(10-18-23)24(26)27/h10-11H,4-9,12H2,1-3H3. The number of piperazine rings is 1. The molecule has 2 aromatic heterocycles. The van der Waals surface area contributed by atoms with E-state index < -0.39 is 4.92 Å². The number of rotatable bonds is 6. The van der Waals surface area contributed by atoms with Crippen molar-refractivity contribution in [1.82, 2.24) is 29.4 Å². The van der Waals surface area contributed by atoms with Crippen LogP contribution in [0.15, 0.2) is 12.4 Å². The fourth-order valence-electron chi connectivity index (χ4n) is 3.40. The predicted molar refractivity (Wildman–Crippen MR) is 98.0 cm³/mol. The van der Waals surface area contributed by atoms with Gasteiger partial charge in [0.25, 0.3) is 0 Å². The monoisotopic (exact) mass is 375 g/mol. The molecule has 1 saturated heterocycles. The SMILES string of the molecule is Cc1nn(C)cc1CN1CCN(C(=O)CCn2ncc([N+](=O)[O-])c2C)CC1. The quantitative estimate of drug-likeness (QED) is 0.548. The molecule has 10 nitrogen and oxygen atoms in total. The van der Waals surface area contributed by atoms with Gasteiger partial charge in [-0.1, -0.05) is 0 Å². The summed E-state index contributed by atoms with van der Waals surface area (Å²) in [5, 5.41) is 19.3. The van der Waals surface area contributed by atoms with Crippen molar-refractivity contribution in [2.75, 3.05) is 26.2 Å². The van der Waals surface area contributed by atoms with Crippen molar-refractivity contribution in [3.8, 4) is 0 Å². The molecule has 0 aliphatic carbocycles. The average molecular weight is 375 g/mol. The van der Waals surface area contributed by atoms with Gasteiger partial charge >= 0.3 is 5.69 Å². The summed E-state index contributed by atoms with van der Waals surface area (Å²) in [5.41, 5.74) is 2.72. The van der Waals surface area contributed by atoms with Gasteiger partial charge in [-0.25, -0.2) is 0 Å². The molecule has 0 atom stereocenters. The average Bonchev–Trinajstić information content (AvgIpc) is 3.15. The fourth-order valence-corrected chi connectivity index (χ4v) is 3.40. The van der Waals surface area contributed by atoms with E-state index in [0.717, 1.165) is 25.3 Å². The molecule has 10 heteroatoms. The number of hydrogen-bond acceptors (Lipinski definition) is 6. The normalized spacial score (nSPS) is 15.3. The lowest BCUT2D eigenvalue weighted by Gasteiger charge is -2.34. The van der Waals surface area contributed by atoms with Crippen molar-refractivity contribution in [2.45, 2.75) is 33.4 Å². The Morgan fingerprint density at radius 2 is 1.96 bits per heavy atom. The molecule has 3 heterocycles. The molecule has 1 fully saturated rings. The summed E-state index contributed by atoms with van der Waals surface area (Å²) in [5.74, 6) is 0.0600. The lowest BCUT2D eigenvalue weighted by Crippen LogP contribution is -2.48. The first-order valence-corrected chi connectivity index (χ1v) is 9.01. The zero-order valence-corrected chi connectivity index (χ0v) is 16.0. The van der Waals surface area contributed by atoms with Crippen LogP contribution in [0.5, 0.6) is 0 Å². The first-order chi connectivity index (χ1) is 12.8. The summed E-state index contributed by atoms with van der Waals surface area (Å²) in [6.45, 7) is 7.89. The Labute approximate surface area is 157 Å². The first-order valence-electron chi connectivity index (χ1n) is 9.01. The van der Waals surface area contributed by atoms with E-state index in [1.807, 2.05) is 29.7 Å². The van der Waals surface area contributed by atoms with Gasteiger partial charge in [0, 0.05) is 58.0 Å². The molecule has 0 unspecified atom stereocenters. The Morgan fingerprint density at radius 1 is 1.26 bits per heavy atom. The molecule has 1 amide bonds. The smallest absolute Gasteiger partial charge is 0.309 e. The number of hydrogen-bond donors (Lipinski definition) is 0. The Morgan fingerprint density at radius 3 is 2.52 bits per heavy atom. The van der Waals surface area contributed by atoms with Gasteiger partial charge in [0.1, 0.15) is 11.9 Å². The van der Waals surface area contributed by atoms with E-state index in [9.17, 15) is 14.9 Å². The molecule has 0 bridgehead atoms. The summed E-state index contributed by atoms with van der Waals surface area (Å²) < 4.78 is 3.35. The Balaban J connectivity index is 1.47. The summed E-state index contributed by atoms with van der Waals surface area (Å²) in [6.07, 6.45) is 3.57. The minimum absolute atomic E-state index is 0.0123. The number of carbonyl (C=O) groups excluding carboxylic acids is 1. The van der Waals surface area contributed by atoms with Crippen molar-refractivity contribution >= 4 is 11.6 Å². The van der Waals surface area contributed by atoms with E-state index in [2.05, 4.69) is 15.1 Å². The van der Waals surface area contributed by atoms with Crippen molar-refractivity contribution in [3.63, 3.8) is 0 Å². The zero-order chi connectivity index (χ0) is 19.6. The maximum Gasteiger partial charge on any atom is 0.309 e. The third-order valence-corrected chi connectivity index (χ3v) is 5.05. The second-order valence-electron chi connectivity index (χ2n) is 6.92. The molecule has 0 aromatic carbocycles. The molecule has 27 heavy (non-hydrogen) atoms. The van der Waals surface area contributed by atoms with Gasteiger partial charge in [0.05, 0.1) is 17.2 Å². The summed E-state index contributed by atoms with van der Waals surface area (Å²) in [6, 6.07) is 0. The predicted octanol–water partition coefficient (Wildman–Crippen LogP) is 0.876. The minimum atomic E-state index is -0.455. The number of aryl methyl sites for hydroxylation is 3. The Kier molecular flexibility index (Phi) is 5.54. The van der Waals surface area contributed by atoms with E-state index in [4.69, 9.17) is 0 Å². The third-order valence-electron chi connectivity index (χ3n) is 5.05. The molecule has 0 spiro atoms. The van der Waals surface area contributed by atoms with Crippen LogP contribution in [0.2, 0.25) is 0 Å². The fraction of sp³-hybridized carbons (Fsp3) is 0.588. The highest BCUT2D eigenvalue weighted by atomic mass is 16.6. The van der Waals surface area contributed by atoms with E-state index in [1.165, 1.54) is 16.4 Å². The second-order valence-corrected chi connectivity index (χ2v) is 6.92. The van der Waals surface area contributed by atoms with Gasteiger partial charge in [0.2, 0.25) is 5.91 Å². The molecule has 2 aromatic rings. The summed E-state index contributed by atoms with van der Waals surface area (Å²) in [7, 11) is 1.92. The molecule has 146 valence electrons. The third kappa shape index (κ3) is 4.33. The lowest BCUT2D eigenvalue weighted by atomic mass is 10.2. The largest absolute Gasteiger partial charge is 0.340 e. The zero-order valence-electron chi connectivity index (χ0n) is 16.0. The minimum Gasteiger partial charge on any atom is -0.340 e. The summed E-state index contributed by atoms with van der Waals surface area (Å²) >= 11 is 0. The summed E-state index contributed by atoms with van der Waals surface area (Å²) in [4.78, 5) is 27.1. The van der Waals surface area contributed by atoms with Crippen LogP contribution >= 0.6 is 0 Å². The van der Waals surface area contributed by atoms with Crippen LogP contribution in [0.1, 0.15) is 23.4 Å². The van der Waals surface area contributed by atoms with Gasteiger partial charge in [-0.2, -0.15) is 10.2 Å². The van der Waals surface area contributed by atoms with Gasteiger partial charge < -0.3 is 4.90 Å². The maximum atomic E-state index is 12.5. The Bertz CT molecular complexity index is 834. The topological polar surface area (TPSA) is 102 Å². The first kappa shape index (κ1) is 19.0. The van der Waals surface area contributed by atoms with Gasteiger partial charge in [-0.05, 0) is 13.8 Å². The number of nitrogens with zero attached hydrogens (tertiary/aromatic N) is 7. The lowest BCUT2D eigenvalue weighted by molar-refractivity contribution is -0.385. The molecular formula is C17H25N7O3. The maximum absolute atomic E-state index is 12.5. The van der Waals surface area contributed by atoms with Crippen LogP contribution in [0.3, 0.4) is 0 Å². The van der Waals surface area contributed by atoms with E-state index >= 15 is 0 Å². The van der Waals surface area contributed by atoms with Gasteiger partial charge in [0.15, 0.2) is 0 Å². The van der Waals surface area contributed by atoms with Gasteiger partial charge in [-0.3, -0.25) is 29.2 Å². The number of aromatic nitrogens is 4. The molecule has 0 radical (unpaired) electrons. The van der Waals surface area contributed by atoms with Crippen LogP contribution in [0, 0.1) is 24.0 Å². The molecule has 0 N–H and O–H groups in total. The van der Waals surface area contributed by atoms with Crippen molar-refractivity contribution in [1.29, 1.82) is 0 Å². The van der Waals surface area contributed by atoms with Crippen molar-refractivity contribution < 1.29 is 9.72 Å². The highest BCUT2D eigenvalue weighted by Crippen LogP contribution is 2.17. The molecule has 0 saturated carbocycles. The van der Waals surface area contributed by atoms with Crippen LogP contribution in [-0.2, 0) is 24.9 Å². The van der Waals surface area contributed by atoms with Gasteiger partial charge in [-0.15, -0.1) is 0 Å². The van der Waals surface area contributed by atoms with E-state index in [0.29, 0.717) is 31.7 Å². The van der Waals surface area contributed by atoms with E-state index in [-0.39, 0.29) is 11.6 Å².